The van der Waals surface area contributed by atoms with Gasteiger partial charge in [-0.2, -0.15) is 0 Å². The number of aryl methyl sites for hydroxylation is 1. The molecule has 2 aliphatic rings. The second-order valence-electron chi connectivity index (χ2n) is 10.6. The second-order valence-corrected chi connectivity index (χ2v) is 10.6. The van der Waals surface area contributed by atoms with Crippen molar-refractivity contribution in [2.24, 2.45) is 16.8 Å². The molecule has 0 saturated heterocycles. The van der Waals surface area contributed by atoms with Crippen molar-refractivity contribution in [3.8, 4) is 5.75 Å². The van der Waals surface area contributed by atoms with Crippen molar-refractivity contribution in [1.82, 2.24) is 5.32 Å². The van der Waals surface area contributed by atoms with Gasteiger partial charge in [0.25, 0.3) is 5.91 Å². The Kier molecular flexibility index (Phi) is 8.58. The summed E-state index contributed by atoms with van der Waals surface area (Å²) in [6, 6.07) is 9.12. The molecule has 3 N–H and O–H groups in total. The van der Waals surface area contributed by atoms with Crippen molar-refractivity contribution in [3.05, 3.63) is 81.6 Å². The van der Waals surface area contributed by atoms with Gasteiger partial charge in [-0.25, -0.2) is 4.79 Å². The summed E-state index contributed by atoms with van der Waals surface area (Å²) < 4.78 is 6.46. The molecule has 7 nitrogen and oxygen atoms in total. The van der Waals surface area contributed by atoms with Crippen LogP contribution in [0.2, 0.25) is 0 Å². The normalized spacial score (nSPS) is 19.0. The molecule has 1 aliphatic heterocycles. The maximum atomic E-state index is 12.8. The number of ether oxygens (including phenoxy) is 1. The van der Waals surface area contributed by atoms with E-state index in [1.54, 1.807) is 12.1 Å². The molecule has 7 heteroatoms. The highest BCUT2D eigenvalue weighted by Crippen LogP contribution is 2.50. The molecule has 1 amide bonds. The molecule has 0 radical (unpaired) electrons. The minimum atomic E-state index is -1.06. The van der Waals surface area contributed by atoms with Crippen LogP contribution in [0.15, 0.2) is 58.8 Å². The Hall–Kier alpha value is -3.87. The first-order chi connectivity index (χ1) is 18.6. The molecular weight excluding hydrogens is 490 g/mol. The number of hydrogen-bond acceptors (Lipinski definition) is 5. The van der Waals surface area contributed by atoms with Gasteiger partial charge in [0.1, 0.15) is 11.5 Å². The second kappa shape index (κ2) is 11.9. The lowest BCUT2D eigenvalue weighted by Crippen LogP contribution is -2.29. The zero-order chi connectivity index (χ0) is 28.3. The number of hydrogen-bond donors (Lipinski definition) is 3. The zero-order valence-electron chi connectivity index (χ0n) is 23.7. The molecule has 0 bridgehead atoms. The third kappa shape index (κ3) is 5.92. The van der Waals surface area contributed by atoms with Crippen LogP contribution < -0.4 is 15.4 Å². The predicted octanol–water partition coefficient (Wildman–Crippen LogP) is 6.35. The minimum absolute atomic E-state index is 0.121. The van der Waals surface area contributed by atoms with Crippen LogP contribution in [0, 0.1) is 18.8 Å². The van der Waals surface area contributed by atoms with Gasteiger partial charge in [-0.05, 0) is 74.9 Å². The first kappa shape index (κ1) is 28.1. The number of amides is 1. The molecule has 206 valence electrons. The number of nitrogens with zero attached hydrogens (tertiary/aromatic N) is 1. The number of carboxylic acids is 1. The van der Waals surface area contributed by atoms with Gasteiger partial charge in [0.15, 0.2) is 0 Å². The lowest BCUT2D eigenvalue weighted by molar-refractivity contribution is 0.0695. The van der Waals surface area contributed by atoms with E-state index in [1.165, 1.54) is 6.07 Å². The number of fused-ring (bicyclic) bond motifs is 2. The van der Waals surface area contributed by atoms with Gasteiger partial charge in [0.2, 0.25) is 0 Å². The number of nitrogens with one attached hydrogen (secondary N) is 2. The first-order valence-corrected chi connectivity index (χ1v) is 13.8. The van der Waals surface area contributed by atoms with E-state index >= 15 is 0 Å². The molecular formula is C32H39N3O4. The molecule has 2 unspecified atom stereocenters. The number of aromatic carboxylic acids is 1. The summed E-state index contributed by atoms with van der Waals surface area (Å²) in [4.78, 5) is 30.1. The van der Waals surface area contributed by atoms with Crippen LogP contribution in [0.3, 0.4) is 0 Å². The number of carbonyl (C=O) groups excluding carboxylic acids is 1. The highest BCUT2D eigenvalue weighted by molar-refractivity contribution is 6.09. The smallest absolute Gasteiger partial charge is 0.336 e. The van der Waals surface area contributed by atoms with Crippen molar-refractivity contribution >= 4 is 23.3 Å². The van der Waals surface area contributed by atoms with Crippen molar-refractivity contribution in [3.63, 3.8) is 0 Å². The van der Waals surface area contributed by atoms with E-state index in [2.05, 4.69) is 41.6 Å². The molecule has 0 saturated carbocycles. The Balaban J connectivity index is 1.85. The van der Waals surface area contributed by atoms with Crippen LogP contribution in [0.1, 0.15) is 84.4 Å². The van der Waals surface area contributed by atoms with E-state index < -0.39 is 5.97 Å². The third-order valence-electron chi connectivity index (χ3n) is 7.30. The summed E-state index contributed by atoms with van der Waals surface area (Å²) in [5, 5.41) is 16.6. The van der Waals surface area contributed by atoms with Crippen molar-refractivity contribution in [2.75, 3.05) is 25.0 Å². The molecule has 0 spiro atoms. The van der Waals surface area contributed by atoms with Crippen molar-refractivity contribution in [1.29, 1.82) is 0 Å². The number of anilines is 1. The number of aliphatic imine (C=N–C) groups is 1. The Morgan fingerprint density at radius 3 is 2.54 bits per heavy atom. The van der Waals surface area contributed by atoms with E-state index in [1.807, 2.05) is 39.8 Å². The van der Waals surface area contributed by atoms with Crippen LogP contribution in [0.4, 0.5) is 5.69 Å². The van der Waals surface area contributed by atoms with Gasteiger partial charge in [-0.3, -0.25) is 9.79 Å². The molecule has 2 atom stereocenters. The zero-order valence-corrected chi connectivity index (χ0v) is 23.7. The van der Waals surface area contributed by atoms with E-state index in [0.717, 1.165) is 46.8 Å². The summed E-state index contributed by atoms with van der Waals surface area (Å²) in [5.41, 5.74) is 5.97. The Bertz CT molecular complexity index is 1370. The average Bonchev–Trinajstić information content (AvgIpc) is 2.88. The fourth-order valence-electron chi connectivity index (χ4n) is 5.31. The van der Waals surface area contributed by atoms with Crippen molar-refractivity contribution < 1.29 is 19.4 Å². The lowest BCUT2D eigenvalue weighted by Gasteiger charge is -2.37. The van der Waals surface area contributed by atoms with Crippen LogP contribution in [-0.2, 0) is 0 Å². The van der Waals surface area contributed by atoms with E-state index in [4.69, 9.17) is 4.74 Å². The molecule has 2 aromatic carbocycles. The van der Waals surface area contributed by atoms with Gasteiger partial charge < -0.3 is 20.5 Å². The standard InChI is InChI=1S/C32H39N3O4/c1-7-33-26-16-28-24(13-19(26)5)30(25-14-20(6)27(34-8-2)17-29(25)39-28)22-10-9-21(15-23(22)32(37)38)31(36)35-12-11-18(3)4/h9-10,13-18,24,30,34H,7-8,11-12H2,1-6H3,(H,35,36)(H,37,38). The lowest BCUT2D eigenvalue weighted by atomic mass is 9.73. The van der Waals surface area contributed by atoms with Gasteiger partial charge in [0.05, 0.1) is 11.3 Å². The molecule has 2 aromatic rings. The quantitative estimate of drug-likeness (QED) is 0.352. The number of allylic oxidation sites excluding steroid dienone is 3. The minimum Gasteiger partial charge on any atom is -0.478 e. The van der Waals surface area contributed by atoms with Crippen LogP contribution in [0.25, 0.3) is 0 Å². The molecule has 1 aliphatic carbocycles. The van der Waals surface area contributed by atoms with Gasteiger partial charge in [-0.1, -0.05) is 26.0 Å². The van der Waals surface area contributed by atoms with Gasteiger partial charge in [0, 0.05) is 60.4 Å². The van der Waals surface area contributed by atoms with E-state index in [9.17, 15) is 14.7 Å². The molecule has 1 heterocycles. The molecule has 0 aromatic heterocycles. The first-order valence-electron chi connectivity index (χ1n) is 13.8. The predicted molar refractivity (Wildman–Crippen MR) is 156 cm³/mol. The number of rotatable bonds is 9. The van der Waals surface area contributed by atoms with Gasteiger partial charge in [-0.15, -0.1) is 0 Å². The van der Waals surface area contributed by atoms with E-state index in [-0.39, 0.29) is 23.3 Å². The summed E-state index contributed by atoms with van der Waals surface area (Å²) in [6.45, 7) is 14.3. The Labute approximate surface area is 231 Å². The summed E-state index contributed by atoms with van der Waals surface area (Å²) in [6.07, 6.45) is 4.96. The Morgan fingerprint density at radius 1 is 1.10 bits per heavy atom. The van der Waals surface area contributed by atoms with Crippen LogP contribution >= 0.6 is 0 Å². The number of carbonyl (C=O) groups is 2. The average molecular weight is 530 g/mol. The number of benzene rings is 2. The Morgan fingerprint density at radius 2 is 1.87 bits per heavy atom. The number of carboxylic acid groups (broad SMARTS) is 1. The highest BCUT2D eigenvalue weighted by atomic mass is 16.5. The molecule has 39 heavy (non-hydrogen) atoms. The summed E-state index contributed by atoms with van der Waals surface area (Å²) >= 11 is 0. The van der Waals surface area contributed by atoms with Crippen LogP contribution in [0.5, 0.6) is 5.75 Å². The summed E-state index contributed by atoms with van der Waals surface area (Å²) in [7, 11) is 0. The SMILES string of the molecule is CCN=C1C=C2Oc3cc(NCC)c(C)cc3C(c3ccc(C(=O)NCCC(C)C)cc3C(=O)O)C2C=C1C. The van der Waals surface area contributed by atoms with E-state index in [0.29, 0.717) is 35.9 Å². The molecule has 4 rings (SSSR count). The fourth-order valence-corrected chi connectivity index (χ4v) is 5.31. The highest BCUT2D eigenvalue weighted by Gasteiger charge is 2.39. The van der Waals surface area contributed by atoms with Crippen molar-refractivity contribution in [2.45, 2.75) is 53.9 Å². The third-order valence-corrected chi connectivity index (χ3v) is 7.30. The van der Waals surface area contributed by atoms with Gasteiger partial charge >= 0.3 is 5.97 Å². The maximum Gasteiger partial charge on any atom is 0.336 e. The monoisotopic (exact) mass is 529 g/mol. The topological polar surface area (TPSA) is 100 Å². The maximum absolute atomic E-state index is 12.8. The fraction of sp³-hybridized carbons (Fsp3) is 0.406. The largest absolute Gasteiger partial charge is 0.478 e. The molecule has 0 fully saturated rings. The summed E-state index contributed by atoms with van der Waals surface area (Å²) in [5.74, 6) is 0.0505. The van der Waals surface area contributed by atoms with Crippen LogP contribution in [-0.4, -0.2) is 42.3 Å².